The number of likely N-dealkylation sites (tertiary alicyclic amines) is 1. The molecule has 2 aliphatic carbocycles. The van der Waals surface area contributed by atoms with E-state index < -0.39 is 22.9 Å². The summed E-state index contributed by atoms with van der Waals surface area (Å²) >= 11 is 0. The minimum absolute atomic E-state index is 0.0617. The zero-order valence-corrected chi connectivity index (χ0v) is 21.2. The summed E-state index contributed by atoms with van der Waals surface area (Å²) in [6.07, 6.45) is 5.57. The van der Waals surface area contributed by atoms with Crippen molar-refractivity contribution in [3.63, 3.8) is 0 Å². The molecule has 1 aromatic carbocycles. The number of rotatable bonds is 5. The van der Waals surface area contributed by atoms with Crippen molar-refractivity contribution in [2.24, 2.45) is 21.8 Å². The Morgan fingerprint density at radius 1 is 1.14 bits per heavy atom. The number of aliphatic imine (C=N–C) groups is 2. The Bertz CT molecular complexity index is 1130. The summed E-state index contributed by atoms with van der Waals surface area (Å²) in [6.45, 7) is 1.08. The number of anilines is 1. The molecule has 36 heavy (non-hydrogen) atoms. The molecule has 4 fully saturated rings. The van der Waals surface area contributed by atoms with Crippen LogP contribution >= 0.6 is 0 Å². The highest BCUT2D eigenvalue weighted by Crippen LogP contribution is 2.39. The lowest BCUT2D eigenvalue weighted by atomic mass is 9.78. The predicted molar refractivity (Wildman–Crippen MR) is 136 cm³/mol. The van der Waals surface area contributed by atoms with Crippen molar-refractivity contribution in [3.8, 4) is 0 Å². The summed E-state index contributed by atoms with van der Waals surface area (Å²) in [4.78, 5) is 14.8. The number of aryl methyl sites for hydroxylation is 2. The third-order valence-corrected chi connectivity index (χ3v) is 10.9. The highest BCUT2D eigenvalue weighted by molar-refractivity contribution is 7.86. The van der Waals surface area contributed by atoms with E-state index in [4.69, 9.17) is 9.98 Å². The van der Waals surface area contributed by atoms with E-state index in [0.717, 1.165) is 45.0 Å². The van der Waals surface area contributed by atoms with Crippen LogP contribution in [-0.4, -0.2) is 82.9 Å². The van der Waals surface area contributed by atoms with E-state index in [2.05, 4.69) is 38.1 Å². The average molecular weight is 518 g/mol. The van der Waals surface area contributed by atoms with Crippen LogP contribution in [-0.2, 0) is 28.4 Å². The molecule has 194 valence electrons. The zero-order chi connectivity index (χ0) is 24.4. The van der Waals surface area contributed by atoms with Gasteiger partial charge in [-0.2, -0.15) is 8.78 Å². The number of guanidine groups is 1. The monoisotopic (exact) mass is 517 g/mol. The molecule has 6 aliphatic rings. The van der Waals surface area contributed by atoms with Crippen LogP contribution in [0.15, 0.2) is 28.2 Å². The fraction of sp³-hybridized carbons (Fsp3) is 0.692. The van der Waals surface area contributed by atoms with Crippen molar-refractivity contribution in [3.05, 3.63) is 29.3 Å². The number of nitrogens with zero attached hydrogens (tertiary/aromatic N) is 4. The fourth-order valence-electron chi connectivity index (χ4n) is 6.86. The molecule has 0 spiro atoms. The molecule has 1 saturated carbocycles. The summed E-state index contributed by atoms with van der Waals surface area (Å²) in [6, 6.07) is 6.88. The van der Waals surface area contributed by atoms with Gasteiger partial charge in [0.05, 0.1) is 18.2 Å². The Kier molecular flexibility index (Phi) is 5.61. The highest BCUT2D eigenvalue weighted by atomic mass is 32.2. The molecule has 1 aromatic rings. The minimum atomic E-state index is -2.80. The van der Waals surface area contributed by atoms with Gasteiger partial charge in [-0.3, -0.25) is 9.20 Å². The SMILES string of the molecule is O=[S@]1CCC2N=C(N3C[C@@H]4CN(c5ccc6c(c5)CC6)C[C@@H]4C3)NC(=NC3(COC(F)F)CCC3)C21. The van der Waals surface area contributed by atoms with E-state index in [1.807, 2.05) is 0 Å². The second-order valence-electron chi connectivity index (χ2n) is 11.4. The maximum atomic E-state index is 12.8. The molecule has 0 aromatic heterocycles. The molecular weight excluding hydrogens is 484 g/mol. The number of hydrogen-bond donors (Lipinski definition) is 1. The van der Waals surface area contributed by atoms with Crippen LogP contribution in [0.4, 0.5) is 14.5 Å². The van der Waals surface area contributed by atoms with Crippen LogP contribution in [0.25, 0.3) is 0 Å². The van der Waals surface area contributed by atoms with Crippen molar-refractivity contribution in [1.29, 1.82) is 0 Å². The molecular formula is C26H33F2N5O2S. The van der Waals surface area contributed by atoms with Gasteiger partial charge in [0, 0.05) is 60.3 Å². The molecule has 4 heterocycles. The van der Waals surface area contributed by atoms with Crippen molar-refractivity contribution in [1.82, 2.24) is 10.2 Å². The lowest BCUT2D eigenvalue weighted by molar-refractivity contribution is -0.147. The van der Waals surface area contributed by atoms with Gasteiger partial charge in [0.1, 0.15) is 11.1 Å². The molecule has 10 heteroatoms. The number of amidine groups is 1. The van der Waals surface area contributed by atoms with Crippen LogP contribution in [0.2, 0.25) is 0 Å². The Labute approximate surface area is 212 Å². The lowest BCUT2D eigenvalue weighted by Crippen LogP contribution is -2.56. The van der Waals surface area contributed by atoms with Crippen LogP contribution in [0.5, 0.6) is 0 Å². The molecule has 0 bridgehead atoms. The highest BCUT2D eigenvalue weighted by Gasteiger charge is 2.47. The van der Waals surface area contributed by atoms with Gasteiger partial charge in [0.2, 0.25) is 0 Å². The fourth-order valence-corrected chi connectivity index (χ4v) is 8.49. The number of halogens is 2. The summed E-state index contributed by atoms with van der Waals surface area (Å²) in [7, 11) is -1.06. The van der Waals surface area contributed by atoms with E-state index >= 15 is 0 Å². The first-order chi connectivity index (χ1) is 17.5. The van der Waals surface area contributed by atoms with Crippen LogP contribution < -0.4 is 10.2 Å². The number of benzene rings is 1. The van der Waals surface area contributed by atoms with Gasteiger partial charge in [-0.25, -0.2) is 4.99 Å². The third kappa shape index (κ3) is 3.95. The molecule has 0 radical (unpaired) electrons. The van der Waals surface area contributed by atoms with Gasteiger partial charge in [-0.05, 0) is 61.8 Å². The van der Waals surface area contributed by atoms with Gasteiger partial charge >= 0.3 is 6.61 Å². The van der Waals surface area contributed by atoms with Gasteiger partial charge in [0.25, 0.3) is 0 Å². The molecule has 3 saturated heterocycles. The number of alkyl halides is 2. The topological polar surface area (TPSA) is 69.5 Å². The first-order valence-electron chi connectivity index (χ1n) is 13.3. The third-order valence-electron chi connectivity index (χ3n) is 9.17. The molecule has 7 nitrogen and oxygen atoms in total. The van der Waals surface area contributed by atoms with Crippen molar-refractivity contribution in [2.75, 3.05) is 43.4 Å². The average Bonchev–Trinajstić information content (AvgIpc) is 3.49. The molecule has 1 N–H and O–H groups in total. The van der Waals surface area contributed by atoms with E-state index in [1.54, 1.807) is 0 Å². The van der Waals surface area contributed by atoms with E-state index in [0.29, 0.717) is 36.3 Å². The van der Waals surface area contributed by atoms with Gasteiger partial charge in [-0.1, -0.05) is 6.07 Å². The van der Waals surface area contributed by atoms with E-state index in [9.17, 15) is 13.0 Å². The van der Waals surface area contributed by atoms with Crippen LogP contribution in [0.1, 0.15) is 36.8 Å². The maximum absolute atomic E-state index is 12.8. The summed E-state index contributed by atoms with van der Waals surface area (Å²) in [5.74, 6) is 3.25. The van der Waals surface area contributed by atoms with Crippen LogP contribution in [0.3, 0.4) is 0 Å². The first kappa shape index (κ1) is 23.1. The maximum Gasteiger partial charge on any atom is 0.345 e. The normalized spacial score (nSPS) is 35.1. The van der Waals surface area contributed by atoms with Gasteiger partial charge in [-0.15, -0.1) is 0 Å². The van der Waals surface area contributed by atoms with Gasteiger partial charge < -0.3 is 19.9 Å². The van der Waals surface area contributed by atoms with Crippen molar-refractivity contribution >= 4 is 28.3 Å². The lowest BCUT2D eigenvalue weighted by Gasteiger charge is -2.40. The minimum Gasteiger partial charge on any atom is -0.371 e. The second kappa shape index (κ2) is 8.75. The number of hydrogen-bond acceptors (Lipinski definition) is 6. The summed E-state index contributed by atoms with van der Waals surface area (Å²) < 4.78 is 43.1. The first-order valence-corrected chi connectivity index (χ1v) is 14.7. The summed E-state index contributed by atoms with van der Waals surface area (Å²) in [5.41, 5.74) is 3.71. The van der Waals surface area contributed by atoms with Crippen molar-refractivity contribution in [2.45, 2.75) is 62.0 Å². The molecule has 7 rings (SSSR count). The smallest absolute Gasteiger partial charge is 0.345 e. The molecule has 2 unspecified atom stereocenters. The standard InChI is InChI=1S/C26H33F2N5O2S/c27-24(28)35-15-26(7-1-8-26)31-23-22-21(6-9-36(22)34)29-25(30-23)33-13-18-11-32(12-19(18)14-33)20-5-4-16-2-3-17(16)10-20/h4-5,10,18-19,21-22,24H,1-3,6-9,11-15H2,(H,29,30,31)/t18-,19+,21?,22?,36-/m0/s1. The zero-order valence-electron chi connectivity index (χ0n) is 20.4. The Morgan fingerprint density at radius 3 is 2.53 bits per heavy atom. The molecule has 4 aliphatic heterocycles. The van der Waals surface area contributed by atoms with E-state index in [1.165, 1.54) is 29.7 Å². The van der Waals surface area contributed by atoms with Crippen molar-refractivity contribution < 1.29 is 17.7 Å². The number of nitrogens with one attached hydrogen (secondary N) is 1. The van der Waals surface area contributed by atoms with Gasteiger partial charge in [0.15, 0.2) is 5.96 Å². The Hall–Kier alpha value is -2.07. The van der Waals surface area contributed by atoms with E-state index in [-0.39, 0.29) is 17.9 Å². The quantitative estimate of drug-likeness (QED) is 0.650. The largest absolute Gasteiger partial charge is 0.371 e. The molecule has 5 atom stereocenters. The number of ether oxygens (including phenoxy) is 1. The summed E-state index contributed by atoms with van der Waals surface area (Å²) in [5, 5.41) is 3.17. The molecule has 0 amide bonds. The van der Waals surface area contributed by atoms with Crippen LogP contribution in [0, 0.1) is 11.8 Å². The predicted octanol–water partition coefficient (Wildman–Crippen LogP) is 2.56. The second-order valence-corrected chi connectivity index (χ2v) is 13.0. The number of fused-ring (bicyclic) bond motifs is 3. The Morgan fingerprint density at radius 2 is 1.89 bits per heavy atom. The Balaban J connectivity index is 1.07.